The van der Waals surface area contributed by atoms with Gasteiger partial charge in [-0.2, -0.15) is 0 Å². The number of nitrogens with zero attached hydrogens (tertiary/aromatic N) is 1. The fourth-order valence-corrected chi connectivity index (χ4v) is 4.48. The van der Waals surface area contributed by atoms with E-state index in [9.17, 15) is 14.0 Å². The van der Waals surface area contributed by atoms with Gasteiger partial charge in [-0.15, -0.1) is 0 Å². The highest BCUT2D eigenvalue weighted by Gasteiger charge is 2.44. The van der Waals surface area contributed by atoms with E-state index < -0.39 is 5.82 Å². The smallest absolute Gasteiger partial charge is 0.253 e. The van der Waals surface area contributed by atoms with Crippen LogP contribution in [0.1, 0.15) is 47.5 Å². The standard InChI is InChI=1S/C23H25FN2O3/c1-25-21(27)14-17-15-23(29-20-8-3-2-7-19(17)20)9-11-26(12-10-23)22(28)16-5-4-6-18(24)13-16/h2-8,13,17H,9-12,14-15H2,1H3,(H,25,27). The van der Waals surface area contributed by atoms with Crippen LogP contribution in [0, 0.1) is 5.82 Å². The van der Waals surface area contributed by atoms with Gasteiger partial charge in [0.1, 0.15) is 17.2 Å². The number of nitrogens with one attached hydrogen (secondary N) is 1. The number of rotatable bonds is 3. The summed E-state index contributed by atoms with van der Waals surface area (Å²) < 4.78 is 19.9. The van der Waals surface area contributed by atoms with E-state index in [-0.39, 0.29) is 23.3 Å². The lowest BCUT2D eigenvalue weighted by Gasteiger charge is -2.47. The number of halogens is 1. The number of carbonyl (C=O) groups excluding carboxylic acids is 2. The third-order valence-electron chi connectivity index (χ3n) is 6.05. The van der Waals surface area contributed by atoms with Crippen molar-refractivity contribution in [2.45, 2.75) is 37.2 Å². The Balaban J connectivity index is 1.50. The summed E-state index contributed by atoms with van der Waals surface area (Å²) in [5, 5.41) is 2.72. The highest BCUT2D eigenvalue weighted by molar-refractivity contribution is 5.94. The summed E-state index contributed by atoms with van der Waals surface area (Å²) in [6.07, 6.45) is 2.54. The van der Waals surface area contributed by atoms with Gasteiger partial charge in [-0.3, -0.25) is 9.59 Å². The first-order valence-electron chi connectivity index (χ1n) is 10.0. The van der Waals surface area contributed by atoms with Crippen molar-refractivity contribution in [1.29, 1.82) is 0 Å². The zero-order valence-corrected chi connectivity index (χ0v) is 16.5. The van der Waals surface area contributed by atoms with Crippen LogP contribution < -0.4 is 10.1 Å². The maximum atomic E-state index is 13.5. The molecule has 29 heavy (non-hydrogen) atoms. The van der Waals surface area contributed by atoms with Crippen molar-refractivity contribution in [2.24, 2.45) is 0 Å². The van der Waals surface area contributed by atoms with Crippen LogP contribution in [0.4, 0.5) is 4.39 Å². The van der Waals surface area contributed by atoms with Crippen molar-refractivity contribution >= 4 is 11.8 Å². The molecule has 2 aliphatic rings. The first-order chi connectivity index (χ1) is 14.0. The molecular weight excluding hydrogens is 371 g/mol. The summed E-state index contributed by atoms with van der Waals surface area (Å²) in [6, 6.07) is 13.7. The molecule has 152 valence electrons. The van der Waals surface area contributed by atoms with Gasteiger partial charge in [0, 0.05) is 50.9 Å². The molecule has 0 saturated carbocycles. The average Bonchev–Trinajstić information content (AvgIpc) is 2.73. The molecular formula is C23H25FN2O3. The SMILES string of the molecule is CNC(=O)CC1CC2(CCN(C(=O)c3cccc(F)c3)CC2)Oc2ccccc21. The Morgan fingerprint density at radius 1 is 1.17 bits per heavy atom. The highest BCUT2D eigenvalue weighted by Crippen LogP contribution is 2.46. The van der Waals surface area contributed by atoms with E-state index in [1.54, 1.807) is 24.1 Å². The largest absolute Gasteiger partial charge is 0.487 e. The van der Waals surface area contributed by atoms with E-state index in [1.807, 2.05) is 24.3 Å². The molecule has 1 atom stereocenters. The number of carbonyl (C=O) groups is 2. The van der Waals surface area contributed by atoms with Crippen LogP contribution in [-0.2, 0) is 4.79 Å². The number of likely N-dealkylation sites (tertiary alicyclic amines) is 1. The quantitative estimate of drug-likeness (QED) is 0.864. The molecule has 1 N–H and O–H groups in total. The lowest BCUT2D eigenvalue weighted by molar-refractivity contribution is -0.121. The second kappa shape index (κ2) is 7.85. The van der Waals surface area contributed by atoms with Crippen LogP contribution in [0.2, 0.25) is 0 Å². The van der Waals surface area contributed by atoms with Crippen LogP contribution in [0.15, 0.2) is 48.5 Å². The first kappa shape index (κ1) is 19.4. The molecule has 1 fully saturated rings. The summed E-state index contributed by atoms with van der Waals surface area (Å²) in [5.41, 5.74) is 1.06. The van der Waals surface area contributed by atoms with Crippen molar-refractivity contribution in [3.05, 3.63) is 65.5 Å². The van der Waals surface area contributed by atoms with E-state index >= 15 is 0 Å². The van der Waals surface area contributed by atoms with Gasteiger partial charge in [-0.05, 0) is 36.2 Å². The molecule has 2 aromatic carbocycles. The lowest BCUT2D eigenvalue weighted by Crippen LogP contribution is -2.52. The predicted octanol–water partition coefficient (Wildman–Crippen LogP) is 3.50. The molecule has 0 bridgehead atoms. The number of ether oxygens (including phenoxy) is 1. The summed E-state index contributed by atoms with van der Waals surface area (Å²) in [7, 11) is 1.65. The highest BCUT2D eigenvalue weighted by atomic mass is 19.1. The second-order valence-corrected chi connectivity index (χ2v) is 7.90. The van der Waals surface area contributed by atoms with Gasteiger partial charge in [0.15, 0.2) is 0 Å². The van der Waals surface area contributed by atoms with Crippen molar-refractivity contribution in [1.82, 2.24) is 10.2 Å². The van der Waals surface area contributed by atoms with E-state index in [0.717, 1.165) is 17.7 Å². The second-order valence-electron chi connectivity index (χ2n) is 7.90. The molecule has 6 heteroatoms. The molecule has 0 radical (unpaired) electrons. The molecule has 2 heterocycles. The number of hydrogen-bond donors (Lipinski definition) is 1. The van der Waals surface area contributed by atoms with Crippen molar-refractivity contribution in [3.63, 3.8) is 0 Å². The third-order valence-corrected chi connectivity index (χ3v) is 6.05. The summed E-state index contributed by atoms with van der Waals surface area (Å²) in [4.78, 5) is 26.5. The van der Waals surface area contributed by atoms with E-state index in [1.165, 1.54) is 12.1 Å². The zero-order chi connectivity index (χ0) is 20.4. The van der Waals surface area contributed by atoms with E-state index in [0.29, 0.717) is 37.9 Å². The molecule has 1 saturated heterocycles. The van der Waals surface area contributed by atoms with Crippen LogP contribution in [-0.4, -0.2) is 42.5 Å². The van der Waals surface area contributed by atoms with Crippen LogP contribution in [0.5, 0.6) is 5.75 Å². The number of para-hydroxylation sites is 1. The third kappa shape index (κ3) is 3.97. The van der Waals surface area contributed by atoms with Crippen LogP contribution in [0.25, 0.3) is 0 Å². The Hall–Kier alpha value is -2.89. The summed E-state index contributed by atoms with van der Waals surface area (Å²) in [6.45, 7) is 1.09. The molecule has 1 spiro atoms. The zero-order valence-electron chi connectivity index (χ0n) is 16.5. The Bertz CT molecular complexity index is 922. The van der Waals surface area contributed by atoms with Gasteiger partial charge in [0.25, 0.3) is 5.91 Å². The Labute approximate surface area is 169 Å². The van der Waals surface area contributed by atoms with E-state index in [2.05, 4.69) is 5.32 Å². The molecule has 2 aliphatic heterocycles. The van der Waals surface area contributed by atoms with Crippen LogP contribution in [0.3, 0.4) is 0 Å². The minimum Gasteiger partial charge on any atom is -0.487 e. The molecule has 1 unspecified atom stereocenters. The number of amides is 2. The monoisotopic (exact) mass is 396 g/mol. The number of piperidine rings is 1. The fraction of sp³-hybridized carbons (Fsp3) is 0.391. The van der Waals surface area contributed by atoms with Crippen molar-refractivity contribution in [2.75, 3.05) is 20.1 Å². The van der Waals surface area contributed by atoms with Gasteiger partial charge in [0.2, 0.25) is 5.91 Å². The normalized spacial score (nSPS) is 19.9. The summed E-state index contributed by atoms with van der Waals surface area (Å²) >= 11 is 0. The van der Waals surface area contributed by atoms with Gasteiger partial charge in [-0.1, -0.05) is 24.3 Å². The average molecular weight is 396 g/mol. The Kier molecular flexibility index (Phi) is 5.26. The minimum absolute atomic E-state index is 0.0144. The molecule has 4 rings (SSSR count). The van der Waals surface area contributed by atoms with E-state index in [4.69, 9.17) is 4.74 Å². The van der Waals surface area contributed by atoms with Gasteiger partial charge in [0.05, 0.1) is 0 Å². The van der Waals surface area contributed by atoms with Gasteiger partial charge in [-0.25, -0.2) is 4.39 Å². The minimum atomic E-state index is -0.409. The van der Waals surface area contributed by atoms with Crippen molar-refractivity contribution < 1.29 is 18.7 Å². The number of fused-ring (bicyclic) bond motifs is 1. The van der Waals surface area contributed by atoms with Crippen molar-refractivity contribution in [3.8, 4) is 5.75 Å². The fourth-order valence-electron chi connectivity index (χ4n) is 4.48. The predicted molar refractivity (Wildman–Crippen MR) is 107 cm³/mol. The number of benzene rings is 2. The summed E-state index contributed by atoms with van der Waals surface area (Å²) in [5.74, 6) is 0.370. The Morgan fingerprint density at radius 3 is 2.66 bits per heavy atom. The molecule has 2 aromatic rings. The maximum Gasteiger partial charge on any atom is 0.253 e. The maximum absolute atomic E-state index is 13.5. The van der Waals surface area contributed by atoms with Gasteiger partial charge >= 0.3 is 0 Å². The van der Waals surface area contributed by atoms with Gasteiger partial charge < -0.3 is 15.0 Å². The molecule has 0 aliphatic carbocycles. The molecule has 2 amide bonds. The lowest BCUT2D eigenvalue weighted by atomic mass is 9.76. The Morgan fingerprint density at radius 2 is 1.93 bits per heavy atom. The number of hydrogen-bond acceptors (Lipinski definition) is 3. The first-order valence-corrected chi connectivity index (χ1v) is 10.0. The van der Waals surface area contributed by atoms with Crippen LogP contribution >= 0.6 is 0 Å². The molecule has 0 aromatic heterocycles. The topological polar surface area (TPSA) is 58.6 Å². The molecule has 5 nitrogen and oxygen atoms in total.